The zero-order valence-corrected chi connectivity index (χ0v) is 10.1. The molecule has 0 saturated heterocycles. The molecule has 0 aliphatic rings. The van der Waals surface area contributed by atoms with E-state index in [1.807, 2.05) is 0 Å². The number of carbonyl (C=O) groups excluding carboxylic acids is 1. The van der Waals surface area contributed by atoms with E-state index in [1.54, 1.807) is 0 Å². The normalized spacial score (nSPS) is 11.7. The first-order valence-corrected chi connectivity index (χ1v) is 5.50. The summed E-state index contributed by atoms with van der Waals surface area (Å²) in [7, 11) is 6.38. The van der Waals surface area contributed by atoms with Crippen molar-refractivity contribution in [2.75, 3.05) is 40.9 Å². The largest absolute Gasteiger partial charge is 0.550 e. The number of nitrogens with zero attached hydrogens (tertiary/aromatic N) is 1. The maximum absolute atomic E-state index is 10.1. The lowest BCUT2D eigenvalue weighted by molar-refractivity contribution is -0.870. The first-order chi connectivity index (χ1) is 6.92. The molecular formula is C11H23NO3. The van der Waals surface area contributed by atoms with Crippen molar-refractivity contribution < 1.29 is 19.1 Å². The highest BCUT2D eigenvalue weighted by atomic mass is 16.5. The van der Waals surface area contributed by atoms with Gasteiger partial charge in [-0.05, 0) is 19.3 Å². The van der Waals surface area contributed by atoms with Gasteiger partial charge in [-0.3, -0.25) is 0 Å². The van der Waals surface area contributed by atoms with Gasteiger partial charge < -0.3 is 19.1 Å². The number of quaternary nitrogens is 1. The number of likely N-dealkylation sites (N-methyl/N-ethyl adjacent to an activating group) is 1. The molecular weight excluding hydrogens is 194 g/mol. The van der Waals surface area contributed by atoms with E-state index in [9.17, 15) is 9.90 Å². The van der Waals surface area contributed by atoms with Crippen LogP contribution >= 0.6 is 0 Å². The van der Waals surface area contributed by atoms with Gasteiger partial charge in [0.05, 0.1) is 27.7 Å². The summed E-state index contributed by atoms with van der Waals surface area (Å²) in [5.74, 6) is -0.957. The Kier molecular flexibility index (Phi) is 7.34. The lowest BCUT2D eigenvalue weighted by Crippen LogP contribution is -2.37. The van der Waals surface area contributed by atoms with E-state index < -0.39 is 5.97 Å². The Labute approximate surface area is 92.4 Å². The van der Waals surface area contributed by atoms with Crippen LogP contribution in [-0.4, -0.2) is 51.4 Å². The summed E-state index contributed by atoms with van der Waals surface area (Å²) in [6.45, 7) is 2.50. The zero-order chi connectivity index (χ0) is 11.7. The highest BCUT2D eigenvalue weighted by Gasteiger charge is 2.05. The van der Waals surface area contributed by atoms with Gasteiger partial charge in [0.25, 0.3) is 0 Å². The number of hydrogen-bond acceptors (Lipinski definition) is 3. The summed E-state index contributed by atoms with van der Waals surface area (Å²) < 4.78 is 6.35. The molecule has 0 atom stereocenters. The van der Waals surface area contributed by atoms with Gasteiger partial charge in [-0.15, -0.1) is 0 Å². The topological polar surface area (TPSA) is 49.4 Å². The molecule has 0 amide bonds. The molecule has 0 aromatic carbocycles. The van der Waals surface area contributed by atoms with Crippen LogP contribution in [0.15, 0.2) is 0 Å². The summed E-state index contributed by atoms with van der Waals surface area (Å²) in [5.41, 5.74) is 0. The van der Waals surface area contributed by atoms with Crippen LogP contribution in [0.5, 0.6) is 0 Å². The Hall–Kier alpha value is -0.610. The second-order valence-corrected chi connectivity index (χ2v) is 4.81. The molecule has 0 aromatic heterocycles. The van der Waals surface area contributed by atoms with Gasteiger partial charge >= 0.3 is 0 Å². The van der Waals surface area contributed by atoms with Gasteiger partial charge in [-0.1, -0.05) is 6.42 Å². The van der Waals surface area contributed by atoms with Crippen molar-refractivity contribution in [1.29, 1.82) is 0 Å². The minimum atomic E-state index is -0.957. The molecule has 0 unspecified atom stereocenters. The van der Waals surface area contributed by atoms with Crippen molar-refractivity contribution in [3.05, 3.63) is 0 Å². The van der Waals surface area contributed by atoms with Gasteiger partial charge in [0, 0.05) is 12.6 Å². The third-order valence-electron chi connectivity index (χ3n) is 2.08. The molecule has 0 rings (SSSR count). The van der Waals surface area contributed by atoms with Crippen LogP contribution in [0.25, 0.3) is 0 Å². The Bertz CT molecular complexity index is 175. The van der Waals surface area contributed by atoms with Gasteiger partial charge in [0.1, 0.15) is 6.54 Å². The van der Waals surface area contributed by atoms with Gasteiger partial charge in [-0.25, -0.2) is 0 Å². The van der Waals surface area contributed by atoms with Crippen molar-refractivity contribution in [3.8, 4) is 0 Å². The van der Waals surface area contributed by atoms with Crippen molar-refractivity contribution in [3.63, 3.8) is 0 Å². The van der Waals surface area contributed by atoms with Gasteiger partial charge in [0.15, 0.2) is 0 Å². The highest BCUT2D eigenvalue weighted by Crippen LogP contribution is 1.99. The number of rotatable bonds is 9. The number of hydrogen-bond donors (Lipinski definition) is 0. The molecule has 15 heavy (non-hydrogen) atoms. The molecule has 0 N–H and O–H groups in total. The number of carboxylic acids is 1. The summed E-state index contributed by atoms with van der Waals surface area (Å²) in [6.07, 6.45) is 2.70. The fourth-order valence-electron chi connectivity index (χ4n) is 1.09. The van der Waals surface area contributed by atoms with E-state index in [-0.39, 0.29) is 6.42 Å². The maximum Gasteiger partial charge on any atom is 0.102 e. The summed E-state index contributed by atoms with van der Waals surface area (Å²) in [6, 6.07) is 0. The standard InChI is InChI=1S/C11H23NO3/c1-12(2,3)8-10-15-9-6-4-5-7-11(13)14/h4-10H2,1-3H3. The monoisotopic (exact) mass is 217 g/mol. The molecule has 0 aliphatic carbocycles. The first-order valence-electron chi connectivity index (χ1n) is 5.50. The molecule has 0 spiro atoms. The van der Waals surface area contributed by atoms with Crippen LogP contribution < -0.4 is 5.11 Å². The average molecular weight is 217 g/mol. The predicted molar refractivity (Wildman–Crippen MR) is 57.2 cm³/mol. The molecule has 0 aromatic rings. The van der Waals surface area contributed by atoms with Crippen molar-refractivity contribution >= 4 is 5.97 Å². The summed E-state index contributed by atoms with van der Waals surface area (Å²) in [5, 5.41) is 10.1. The number of ether oxygens (including phenoxy) is 1. The molecule has 0 saturated carbocycles. The quantitative estimate of drug-likeness (QED) is 0.404. The Morgan fingerprint density at radius 1 is 1.13 bits per heavy atom. The van der Waals surface area contributed by atoms with E-state index in [4.69, 9.17) is 4.74 Å². The highest BCUT2D eigenvalue weighted by molar-refractivity contribution is 5.63. The van der Waals surface area contributed by atoms with Crippen LogP contribution in [0, 0.1) is 0 Å². The predicted octanol–water partition coefficient (Wildman–Crippen LogP) is 0.0195. The fraction of sp³-hybridized carbons (Fsp3) is 0.909. The second-order valence-electron chi connectivity index (χ2n) is 4.81. The van der Waals surface area contributed by atoms with Crippen LogP contribution in [-0.2, 0) is 9.53 Å². The minimum Gasteiger partial charge on any atom is -0.550 e. The number of carboxylic acid groups (broad SMARTS) is 1. The fourth-order valence-corrected chi connectivity index (χ4v) is 1.09. The molecule has 0 heterocycles. The van der Waals surface area contributed by atoms with Gasteiger partial charge in [-0.2, -0.15) is 0 Å². The Balaban J connectivity index is 3.09. The Morgan fingerprint density at radius 3 is 2.33 bits per heavy atom. The second kappa shape index (κ2) is 7.65. The van der Waals surface area contributed by atoms with E-state index in [0.717, 1.165) is 37.1 Å². The lowest BCUT2D eigenvalue weighted by atomic mass is 10.2. The number of aliphatic carboxylic acids is 1. The van der Waals surface area contributed by atoms with E-state index >= 15 is 0 Å². The SMILES string of the molecule is C[N+](C)(C)CCOCCCCCC(=O)[O-]. The van der Waals surface area contributed by atoms with Crippen LogP contribution in [0.4, 0.5) is 0 Å². The van der Waals surface area contributed by atoms with E-state index in [1.165, 1.54) is 0 Å². The molecule has 0 bridgehead atoms. The lowest BCUT2D eigenvalue weighted by Gasteiger charge is -2.23. The molecule has 0 fully saturated rings. The molecule has 90 valence electrons. The Morgan fingerprint density at radius 2 is 1.80 bits per heavy atom. The van der Waals surface area contributed by atoms with Crippen LogP contribution in [0.1, 0.15) is 25.7 Å². The minimum absolute atomic E-state index is 0.166. The average Bonchev–Trinajstić information content (AvgIpc) is 2.07. The van der Waals surface area contributed by atoms with Crippen LogP contribution in [0.3, 0.4) is 0 Å². The molecule has 0 aliphatic heterocycles. The summed E-state index contributed by atoms with van der Waals surface area (Å²) in [4.78, 5) is 10.1. The maximum atomic E-state index is 10.1. The van der Waals surface area contributed by atoms with Gasteiger partial charge in [0.2, 0.25) is 0 Å². The van der Waals surface area contributed by atoms with Crippen molar-refractivity contribution in [2.24, 2.45) is 0 Å². The first kappa shape index (κ1) is 14.4. The summed E-state index contributed by atoms with van der Waals surface area (Å²) >= 11 is 0. The van der Waals surface area contributed by atoms with Crippen LogP contribution in [0.2, 0.25) is 0 Å². The van der Waals surface area contributed by atoms with E-state index in [0.29, 0.717) is 6.42 Å². The smallest absolute Gasteiger partial charge is 0.102 e. The number of unbranched alkanes of at least 4 members (excludes halogenated alkanes) is 2. The molecule has 4 nitrogen and oxygen atoms in total. The number of carbonyl (C=O) groups is 1. The van der Waals surface area contributed by atoms with E-state index in [2.05, 4.69) is 21.1 Å². The molecule has 4 heteroatoms. The van der Waals surface area contributed by atoms with Crippen molar-refractivity contribution in [1.82, 2.24) is 0 Å². The zero-order valence-electron chi connectivity index (χ0n) is 10.1. The third-order valence-corrected chi connectivity index (χ3v) is 2.08. The molecule has 0 radical (unpaired) electrons. The van der Waals surface area contributed by atoms with Crippen molar-refractivity contribution in [2.45, 2.75) is 25.7 Å². The third kappa shape index (κ3) is 13.4.